The number of fused-ring (bicyclic) bond motifs is 5. The second kappa shape index (κ2) is 8.47. The van der Waals surface area contributed by atoms with Gasteiger partial charge in [-0.2, -0.15) is 0 Å². The quantitative estimate of drug-likeness (QED) is 0.236. The van der Waals surface area contributed by atoms with Crippen molar-refractivity contribution in [3.8, 4) is 17.2 Å². The van der Waals surface area contributed by atoms with Crippen molar-refractivity contribution in [2.24, 2.45) is 0 Å². The van der Waals surface area contributed by atoms with Gasteiger partial charge in [-0.3, -0.25) is 0 Å². The van der Waals surface area contributed by atoms with Gasteiger partial charge < -0.3 is 9.30 Å². The topological polar surface area (TPSA) is 14.2 Å². The van der Waals surface area contributed by atoms with Crippen LogP contribution in [0.2, 0.25) is 0 Å². The average Bonchev–Trinajstić information content (AvgIpc) is 3.34. The molecule has 0 fully saturated rings. The van der Waals surface area contributed by atoms with Gasteiger partial charge in [0, 0.05) is 27.6 Å². The Labute approximate surface area is 227 Å². The normalized spacial score (nSPS) is 13.5. The van der Waals surface area contributed by atoms with E-state index in [1.165, 1.54) is 32.9 Å². The van der Waals surface area contributed by atoms with Crippen LogP contribution in [0.4, 0.5) is 0 Å². The van der Waals surface area contributed by atoms with E-state index < -0.39 is 5.41 Å². The number of hydrogen-bond donors (Lipinski definition) is 0. The van der Waals surface area contributed by atoms with Gasteiger partial charge in [-0.25, -0.2) is 0 Å². The molecular weight excluding hydrogens is 474 g/mol. The SMILES string of the molecule is c1ccc(-n2c3ccccc3c3cc(C4(c5ccccc5)c5ccccc5Oc5ccccc54)ccc32)cc1. The Morgan fingerprint density at radius 1 is 0.436 bits per heavy atom. The molecular formula is C37H25NO. The fourth-order valence-corrected chi connectivity index (χ4v) is 6.53. The summed E-state index contributed by atoms with van der Waals surface area (Å²) in [5.41, 5.74) is 7.79. The molecule has 0 saturated carbocycles. The number of para-hydroxylation sites is 4. The Balaban J connectivity index is 1.52. The summed E-state index contributed by atoms with van der Waals surface area (Å²) in [5, 5.41) is 2.48. The van der Waals surface area contributed by atoms with Crippen molar-refractivity contribution in [2.45, 2.75) is 5.41 Å². The summed E-state index contributed by atoms with van der Waals surface area (Å²) < 4.78 is 8.86. The molecule has 6 aromatic carbocycles. The Morgan fingerprint density at radius 2 is 1.00 bits per heavy atom. The minimum atomic E-state index is -0.531. The lowest BCUT2D eigenvalue weighted by Crippen LogP contribution is -2.34. The van der Waals surface area contributed by atoms with Crippen LogP contribution in [0.5, 0.6) is 11.5 Å². The highest BCUT2D eigenvalue weighted by molar-refractivity contribution is 6.09. The molecule has 0 unspecified atom stereocenters. The van der Waals surface area contributed by atoms with E-state index in [-0.39, 0.29) is 0 Å². The highest BCUT2D eigenvalue weighted by atomic mass is 16.5. The monoisotopic (exact) mass is 499 g/mol. The molecule has 0 saturated heterocycles. The van der Waals surface area contributed by atoms with Crippen molar-refractivity contribution in [2.75, 3.05) is 0 Å². The van der Waals surface area contributed by atoms with Gasteiger partial charge in [0.15, 0.2) is 0 Å². The molecule has 0 aliphatic carbocycles. The van der Waals surface area contributed by atoms with Crippen LogP contribution >= 0.6 is 0 Å². The minimum Gasteiger partial charge on any atom is -0.457 e. The third kappa shape index (κ3) is 3.09. The zero-order chi connectivity index (χ0) is 25.8. The van der Waals surface area contributed by atoms with Gasteiger partial charge in [0.2, 0.25) is 0 Å². The standard InChI is InChI=1S/C37H25NO/c1-3-13-26(14-4-1)37(31-18-8-11-21-35(31)39-36-22-12-9-19-32(36)37)27-23-24-34-30(25-27)29-17-7-10-20-33(29)38(34)28-15-5-2-6-16-28/h1-25H. The summed E-state index contributed by atoms with van der Waals surface area (Å²) >= 11 is 0. The van der Waals surface area contributed by atoms with Gasteiger partial charge in [0.25, 0.3) is 0 Å². The van der Waals surface area contributed by atoms with Gasteiger partial charge in [-0.05, 0) is 53.6 Å². The van der Waals surface area contributed by atoms with Crippen LogP contribution in [-0.4, -0.2) is 4.57 Å². The van der Waals surface area contributed by atoms with Crippen LogP contribution in [-0.2, 0) is 5.41 Å². The highest BCUT2D eigenvalue weighted by Crippen LogP contribution is 2.55. The molecule has 2 heteroatoms. The third-order valence-electron chi connectivity index (χ3n) is 8.13. The van der Waals surface area contributed by atoms with E-state index in [2.05, 4.69) is 156 Å². The van der Waals surface area contributed by atoms with Crippen molar-refractivity contribution in [1.82, 2.24) is 4.57 Å². The number of benzene rings is 6. The zero-order valence-corrected chi connectivity index (χ0v) is 21.3. The van der Waals surface area contributed by atoms with Crippen molar-refractivity contribution in [1.29, 1.82) is 0 Å². The molecule has 2 heterocycles. The minimum absolute atomic E-state index is 0.531. The number of nitrogens with zero attached hydrogens (tertiary/aromatic N) is 1. The van der Waals surface area contributed by atoms with Crippen LogP contribution < -0.4 is 4.74 Å². The lowest BCUT2D eigenvalue weighted by molar-refractivity contribution is 0.434. The molecule has 0 spiro atoms. The number of hydrogen-bond acceptors (Lipinski definition) is 1. The van der Waals surface area contributed by atoms with Gasteiger partial charge in [0.05, 0.1) is 16.4 Å². The van der Waals surface area contributed by atoms with E-state index in [1.54, 1.807) is 0 Å². The molecule has 0 amide bonds. The molecule has 7 aromatic rings. The first-order valence-corrected chi connectivity index (χ1v) is 13.4. The maximum absolute atomic E-state index is 6.49. The van der Waals surface area contributed by atoms with Crippen molar-refractivity contribution >= 4 is 21.8 Å². The molecule has 0 radical (unpaired) electrons. The molecule has 39 heavy (non-hydrogen) atoms. The lowest BCUT2D eigenvalue weighted by atomic mass is 9.63. The third-order valence-corrected chi connectivity index (χ3v) is 8.13. The van der Waals surface area contributed by atoms with Gasteiger partial charge in [0.1, 0.15) is 11.5 Å². The Bertz CT molecular complexity index is 1940. The van der Waals surface area contributed by atoms with Gasteiger partial charge in [-0.15, -0.1) is 0 Å². The smallest absolute Gasteiger partial charge is 0.132 e. The first kappa shape index (κ1) is 22.0. The second-order valence-corrected chi connectivity index (χ2v) is 10.1. The fourth-order valence-electron chi connectivity index (χ4n) is 6.53. The van der Waals surface area contributed by atoms with E-state index in [1.807, 2.05) is 0 Å². The molecule has 0 atom stereocenters. The van der Waals surface area contributed by atoms with Crippen LogP contribution in [0, 0.1) is 0 Å². The van der Waals surface area contributed by atoms with E-state index in [4.69, 9.17) is 4.74 Å². The maximum atomic E-state index is 6.49. The van der Waals surface area contributed by atoms with E-state index in [0.29, 0.717) is 0 Å². The summed E-state index contributed by atoms with van der Waals surface area (Å²) in [4.78, 5) is 0. The molecule has 184 valence electrons. The zero-order valence-electron chi connectivity index (χ0n) is 21.3. The second-order valence-electron chi connectivity index (χ2n) is 10.1. The average molecular weight is 500 g/mol. The van der Waals surface area contributed by atoms with E-state index in [0.717, 1.165) is 28.3 Å². The largest absolute Gasteiger partial charge is 0.457 e. The molecule has 1 aliphatic heterocycles. The van der Waals surface area contributed by atoms with Crippen LogP contribution in [0.25, 0.3) is 27.5 Å². The van der Waals surface area contributed by atoms with Crippen LogP contribution in [0.1, 0.15) is 22.3 Å². The summed E-state index contributed by atoms with van der Waals surface area (Å²) in [5.74, 6) is 1.79. The Morgan fingerprint density at radius 3 is 1.72 bits per heavy atom. The van der Waals surface area contributed by atoms with Crippen molar-refractivity contribution < 1.29 is 4.74 Å². The van der Waals surface area contributed by atoms with E-state index >= 15 is 0 Å². The van der Waals surface area contributed by atoms with Gasteiger partial charge in [-0.1, -0.05) is 109 Å². The molecule has 1 aromatic heterocycles. The number of aromatic nitrogens is 1. The molecule has 8 rings (SSSR count). The first-order chi connectivity index (χ1) is 19.4. The summed E-state index contributed by atoms with van der Waals surface area (Å²) in [6.45, 7) is 0. The Hall–Kier alpha value is -5.08. The number of ether oxygens (including phenoxy) is 1. The summed E-state index contributed by atoms with van der Waals surface area (Å²) in [7, 11) is 0. The Kier molecular flexibility index (Phi) is 4.77. The highest BCUT2D eigenvalue weighted by Gasteiger charge is 2.45. The summed E-state index contributed by atoms with van der Waals surface area (Å²) in [6.07, 6.45) is 0. The van der Waals surface area contributed by atoms with Crippen LogP contribution in [0.15, 0.2) is 152 Å². The lowest BCUT2D eigenvalue weighted by Gasteiger charge is -2.41. The maximum Gasteiger partial charge on any atom is 0.132 e. The first-order valence-electron chi connectivity index (χ1n) is 13.4. The number of rotatable bonds is 3. The molecule has 0 bridgehead atoms. The molecule has 1 aliphatic rings. The predicted octanol–water partition coefficient (Wildman–Crippen LogP) is 9.27. The van der Waals surface area contributed by atoms with E-state index in [9.17, 15) is 0 Å². The predicted molar refractivity (Wildman–Crippen MR) is 159 cm³/mol. The van der Waals surface area contributed by atoms with Crippen molar-refractivity contribution in [3.05, 3.63) is 174 Å². The fraction of sp³-hybridized carbons (Fsp3) is 0.0270. The summed E-state index contributed by atoms with van der Waals surface area (Å²) in [6, 6.07) is 54.2. The van der Waals surface area contributed by atoms with Gasteiger partial charge >= 0.3 is 0 Å². The van der Waals surface area contributed by atoms with Crippen molar-refractivity contribution in [3.63, 3.8) is 0 Å². The molecule has 0 N–H and O–H groups in total. The van der Waals surface area contributed by atoms with Crippen LogP contribution in [0.3, 0.4) is 0 Å². The molecule has 2 nitrogen and oxygen atoms in total.